The number of hydrogen-bond donors (Lipinski definition) is 4. The van der Waals surface area contributed by atoms with E-state index in [-0.39, 0.29) is 36.2 Å². The number of aryl methyl sites for hydroxylation is 2. The monoisotopic (exact) mass is 745 g/mol. The quantitative estimate of drug-likeness (QED) is 0.113. The Bertz CT molecular complexity index is 1910. The van der Waals surface area contributed by atoms with Gasteiger partial charge in [-0.25, -0.2) is 15.0 Å². The number of hydrogen-bond acceptors (Lipinski definition) is 12. The molecule has 4 amide bonds. The van der Waals surface area contributed by atoms with E-state index in [1.807, 2.05) is 32.0 Å². The number of nitrogens with one attached hydrogen (secondary N) is 4. The minimum atomic E-state index is -0.358. The van der Waals surface area contributed by atoms with E-state index in [9.17, 15) is 19.2 Å². The molecule has 2 aromatic carbocycles. The summed E-state index contributed by atoms with van der Waals surface area (Å²) in [5.74, 6) is 1.19. The molecule has 2 saturated heterocycles. The number of para-hydroxylation sites is 1. The summed E-state index contributed by atoms with van der Waals surface area (Å²) in [6.07, 6.45) is 3.13. The number of carbonyl (C=O) groups is 4. The first-order chi connectivity index (χ1) is 25.1. The maximum atomic E-state index is 12.9. The molecule has 16 heteroatoms. The van der Waals surface area contributed by atoms with Crippen molar-refractivity contribution in [2.24, 2.45) is 0 Å². The Morgan fingerprint density at radius 3 is 2.60 bits per heavy atom. The van der Waals surface area contributed by atoms with Crippen molar-refractivity contribution in [2.75, 3.05) is 61.4 Å². The van der Waals surface area contributed by atoms with Crippen LogP contribution in [0.15, 0.2) is 54.7 Å². The van der Waals surface area contributed by atoms with Gasteiger partial charge in [0.1, 0.15) is 28.1 Å². The molecule has 2 fully saturated rings. The highest BCUT2D eigenvalue weighted by Gasteiger charge is 2.28. The molecule has 4 aromatic rings. The van der Waals surface area contributed by atoms with Gasteiger partial charge < -0.3 is 25.6 Å². The second-order valence-electron chi connectivity index (χ2n) is 12.6. The van der Waals surface area contributed by atoms with Crippen LogP contribution in [0.2, 0.25) is 5.02 Å². The van der Waals surface area contributed by atoms with Gasteiger partial charge in [0.15, 0.2) is 11.7 Å². The second-order valence-corrected chi connectivity index (χ2v) is 14.0. The first-order valence-electron chi connectivity index (χ1n) is 17.1. The molecule has 2 aromatic heterocycles. The van der Waals surface area contributed by atoms with Crippen LogP contribution in [0, 0.1) is 13.8 Å². The fourth-order valence-corrected chi connectivity index (χ4v) is 7.02. The molecule has 1 atom stereocenters. The molecule has 0 bridgehead atoms. The van der Waals surface area contributed by atoms with Gasteiger partial charge in [-0.15, -0.1) is 0 Å². The average molecular weight is 746 g/mol. The molecular weight excluding hydrogens is 706 g/mol. The highest BCUT2D eigenvalue weighted by Crippen LogP contribution is 2.29. The maximum absolute atomic E-state index is 12.9. The van der Waals surface area contributed by atoms with E-state index in [1.165, 1.54) is 17.5 Å². The fourth-order valence-electron chi connectivity index (χ4n) is 6.03. The summed E-state index contributed by atoms with van der Waals surface area (Å²) in [5.41, 5.74) is 2.26. The average Bonchev–Trinajstić information content (AvgIpc) is 3.60. The number of halogens is 1. The summed E-state index contributed by atoms with van der Waals surface area (Å²) in [5, 5.41) is 12.4. The van der Waals surface area contributed by atoms with Gasteiger partial charge in [0.25, 0.3) is 11.8 Å². The second kappa shape index (κ2) is 16.9. The normalized spacial score (nSPS) is 16.3. The summed E-state index contributed by atoms with van der Waals surface area (Å²) in [4.78, 5) is 67.3. The van der Waals surface area contributed by atoms with Crippen molar-refractivity contribution in [1.82, 2.24) is 30.5 Å². The number of amides is 4. The van der Waals surface area contributed by atoms with Gasteiger partial charge in [-0.2, -0.15) is 0 Å². The van der Waals surface area contributed by atoms with Crippen molar-refractivity contribution in [1.29, 1.82) is 0 Å². The number of anilines is 4. The number of thiazole rings is 1. The van der Waals surface area contributed by atoms with Crippen LogP contribution in [0.1, 0.15) is 51.8 Å². The number of nitrogens with zero attached hydrogens (tertiary/aromatic N) is 5. The van der Waals surface area contributed by atoms with E-state index in [4.69, 9.17) is 16.3 Å². The number of ether oxygens (including phenoxy) is 1. The van der Waals surface area contributed by atoms with Gasteiger partial charge in [0.2, 0.25) is 11.8 Å². The SMILES string of the molecule is Cc1nc(Nc2ncc(C(=O)Nc3c(C)cccc3Cl)s2)cc(N2CCN(CCCNC(=O)COc3ccc(C4CCC(=O)NC4=O)cc3)CC2)n1. The molecule has 4 heterocycles. The summed E-state index contributed by atoms with van der Waals surface area (Å²) in [6, 6.07) is 14.4. The third-order valence-electron chi connectivity index (χ3n) is 8.81. The minimum absolute atomic E-state index is 0.103. The molecule has 0 saturated carbocycles. The Morgan fingerprint density at radius 2 is 1.85 bits per heavy atom. The number of benzene rings is 2. The Kier molecular flexibility index (Phi) is 11.9. The molecule has 2 aliphatic heterocycles. The van der Waals surface area contributed by atoms with Crippen LogP contribution >= 0.6 is 22.9 Å². The van der Waals surface area contributed by atoms with Crippen molar-refractivity contribution in [3.8, 4) is 5.75 Å². The zero-order chi connectivity index (χ0) is 36.6. The Hall–Kier alpha value is -5.12. The van der Waals surface area contributed by atoms with E-state index in [2.05, 4.69) is 46.0 Å². The van der Waals surface area contributed by atoms with Crippen LogP contribution in [-0.4, -0.2) is 89.4 Å². The van der Waals surface area contributed by atoms with E-state index in [1.54, 1.807) is 30.3 Å². The number of piperidine rings is 1. The first-order valence-corrected chi connectivity index (χ1v) is 18.3. The molecule has 6 rings (SSSR count). The Labute approximate surface area is 310 Å². The van der Waals surface area contributed by atoms with Crippen molar-refractivity contribution in [3.05, 3.63) is 81.6 Å². The third-order valence-corrected chi connectivity index (χ3v) is 10.0. The number of piperazine rings is 1. The Morgan fingerprint density at radius 1 is 1.06 bits per heavy atom. The van der Waals surface area contributed by atoms with Crippen LogP contribution in [0.4, 0.5) is 22.5 Å². The van der Waals surface area contributed by atoms with Gasteiger partial charge >= 0.3 is 0 Å². The largest absolute Gasteiger partial charge is 0.484 e. The van der Waals surface area contributed by atoms with E-state index >= 15 is 0 Å². The number of aromatic nitrogens is 3. The third kappa shape index (κ3) is 9.60. The molecule has 0 spiro atoms. The highest BCUT2D eigenvalue weighted by atomic mass is 35.5. The lowest BCUT2D eigenvalue weighted by atomic mass is 9.90. The molecule has 4 N–H and O–H groups in total. The van der Waals surface area contributed by atoms with Crippen molar-refractivity contribution < 1.29 is 23.9 Å². The lowest BCUT2D eigenvalue weighted by molar-refractivity contribution is -0.134. The molecule has 14 nitrogen and oxygen atoms in total. The predicted octanol–water partition coefficient (Wildman–Crippen LogP) is 4.43. The maximum Gasteiger partial charge on any atom is 0.267 e. The summed E-state index contributed by atoms with van der Waals surface area (Å²) in [7, 11) is 0. The van der Waals surface area contributed by atoms with Crippen LogP contribution in [0.3, 0.4) is 0 Å². The smallest absolute Gasteiger partial charge is 0.267 e. The van der Waals surface area contributed by atoms with Crippen LogP contribution < -0.4 is 30.9 Å². The first kappa shape index (κ1) is 36.7. The molecule has 2 aliphatic rings. The molecule has 1 unspecified atom stereocenters. The van der Waals surface area contributed by atoms with Crippen LogP contribution in [0.25, 0.3) is 0 Å². The fraction of sp³-hybridized carbons (Fsp3) is 0.361. The highest BCUT2D eigenvalue weighted by molar-refractivity contribution is 7.17. The summed E-state index contributed by atoms with van der Waals surface area (Å²) in [6.45, 7) is 8.31. The van der Waals surface area contributed by atoms with E-state index < -0.39 is 0 Å². The molecule has 52 heavy (non-hydrogen) atoms. The lowest BCUT2D eigenvalue weighted by Crippen LogP contribution is -2.47. The van der Waals surface area contributed by atoms with Crippen molar-refractivity contribution in [2.45, 2.75) is 39.0 Å². The molecule has 0 aliphatic carbocycles. The molecular formula is C36H40ClN9O5S. The van der Waals surface area contributed by atoms with Crippen molar-refractivity contribution in [3.63, 3.8) is 0 Å². The zero-order valence-corrected chi connectivity index (χ0v) is 30.5. The van der Waals surface area contributed by atoms with Gasteiger partial charge in [-0.1, -0.05) is 47.2 Å². The molecule has 272 valence electrons. The van der Waals surface area contributed by atoms with Gasteiger partial charge in [-0.3, -0.25) is 29.4 Å². The summed E-state index contributed by atoms with van der Waals surface area (Å²) < 4.78 is 5.62. The topological polar surface area (TPSA) is 171 Å². The zero-order valence-electron chi connectivity index (χ0n) is 28.9. The van der Waals surface area contributed by atoms with Gasteiger partial charge in [-0.05, 0) is 62.6 Å². The predicted molar refractivity (Wildman–Crippen MR) is 200 cm³/mol. The Balaban J connectivity index is 0.897. The van der Waals surface area contributed by atoms with Crippen LogP contribution in [-0.2, 0) is 14.4 Å². The number of rotatable bonds is 13. The number of imide groups is 1. The standard InChI is InChI=1S/C36H40ClN9O5S/c1-22-5-3-6-27(37)33(22)44-35(50)28-20-39-36(52-28)42-29-19-30(41-23(2)40-29)46-17-15-45(16-18-46)14-4-13-38-32(48)21-51-25-9-7-24(8-10-25)26-11-12-31(47)43-34(26)49/h3,5-10,19-20,26H,4,11-18,21H2,1-2H3,(H,38,48)(H,44,50)(H,43,47,49)(H,39,40,41,42). The summed E-state index contributed by atoms with van der Waals surface area (Å²) >= 11 is 7.50. The van der Waals surface area contributed by atoms with Crippen molar-refractivity contribution >= 4 is 69.0 Å². The lowest BCUT2D eigenvalue weighted by Gasteiger charge is -2.35. The van der Waals surface area contributed by atoms with Gasteiger partial charge in [0.05, 0.1) is 22.8 Å². The van der Waals surface area contributed by atoms with E-state index in [0.29, 0.717) is 57.5 Å². The minimum Gasteiger partial charge on any atom is -0.484 e. The number of carbonyl (C=O) groups excluding carboxylic acids is 4. The molecule has 0 radical (unpaired) electrons. The van der Waals surface area contributed by atoms with E-state index in [0.717, 1.165) is 56.1 Å². The van der Waals surface area contributed by atoms with Crippen LogP contribution in [0.5, 0.6) is 5.75 Å². The van der Waals surface area contributed by atoms with Gasteiger partial charge in [0, 0.05) is 45.2 Å².